The molecule has 0 amide bonds. The van der Waals surface area contributed by atoms with Crippen LogP contribution in [0.25, 0.3) is 16.5 Å². The van der Waals surface area contributed by atoms with Gasteiger partial charge in [0.2, 0.25) is 0 Å². The van der Waals surface area contributed by atoms with Crippen molar-refractivity contribution in [3.63, 3.8) is 0 Å². The molecule has 2 aliphatic rings. The Kier molecular flexibility index (Phi) is 3.70. The maximum absolute atomic E-state index is 13.4. The van der Waals surface area contributed by atoms with Crippen LogP contribution in [0.15, 0.2) is 42.6 Å². The van der Waals surface area contributed by atoms with Gasteiger partial charge in [0.25, 0.3) is 6.43 Å². The van der Waals surface area contributed by atoms with Crippen molar-refractivity contribution in [1.29, 1.82) is 0 Å². The number of fused-ring (bicyclic) bond motifs is 3. The second-order valence-electron chi connectivity index (χ2n) is 7.17. The van der Waals surface area contributed by atoms with Crippen molar-refractivity contribution in [3.8, 4) is 0 Å². The van der Waals surface area contributed by atoms with E-state index in [1.165, 1.54) is 5.57 Å². The van der Waals surface area contributed by atoms with Crippen LogP contribution in [0.3, 0.4) is 0 Å². The zero-order valence-corrected chi connectivity index (χ0v) is 14.9. The molecule has 138 valence electrons. The molecule has 3 aromatic rings. The highest BCUT2D eigenvalue weighted by Crippen LogP contribution is 2.42. The average Bonchev–Trinajstić information content (AvgIpc) is 3.21. The number of para-hydroxylation sites is 1. The van der Waals surface area contributed by atoms with Crippen LogP contribution in [0.1, 0.15) is 37.2 Å². The first kappa shape index (κ1) is 16.4. The quantitative estimate of drug-likeness (QED) is 0.698. The number of halogens is 2. The number of alkyl halides is 2. The Morgan fingerprint density at radius 2 is 1.96 bits per heavy atom. The van der Waals surface area contributed by atoms with E-state index < -0.39 is 12.2 Å². The first-order valence-corrected chi connectivity index (χ1v) is 9.14. The molecule has 0 N–H and O–H groups in total. The highest BCUT2D eigenvalue weighted by molar-refractivity contribution is 5.90. The predicted molar refractivity (Wildman–Crippen MR) is 99.6 cm³/mol. The summed E-state index contributed by atoms with van der Waals surface area (Å²) in [7, 11) is 1.94. The third-order valence-corrected chi connectivity index (χ3v) is 5.59. The molecule has 4 heterocycles. The summed E-state index contributed by atoms with van der Waals surface area (Å²) in [6, 6.07) is 9.83. The van der Waals surface area contributed by atoms with E-state index in [4.69, 9.17) is 0 Å². The molecule has 2 atom stereocenters. The molecule has 2 aliphatic heterocycles. The van der Waals surface area contributed by atoms with Crippen molar-refractivity contribution in [2.24, 2.45) is 7.05 Å². The molecule has 0 saturated carbocycles. The van der Waals surface area contributed by atoms with Gasteiger partial charge in [0.1, 0.15) is 5.82 Å². The average molecular weight is 367 g/mol. The largest absolute Gasteiger partial charge is 0.346 e. The van der Waals surface area contributed by atoms with Crippen LogP contribution >= 0.6 is 0 Å². The summed E-state index contributed by atoms with van der Waals surface area (Å²) in [5.41, 5.74) is 2.96. The lowest BCUT2D eigenvalue weighted by molar-refractivity contribution is 0.141. The summed E-state index contributed by atoms with van der Waals surface area (Å²) in [4.78, 5) is 10.6. The molecule has 2 bridgehead atoms. The lowest BCUT2D eigenvalue weighted by Crippen LogP contribution is -2.39. The monoisotopic (exact) mass is 367 g/mol. The van der Waals surface area contributed by atoms with Gasteiger partial charge in [-0.25, -0.2) is 18.7 Å². The SMILES string of the molecule is Cn1nccc1C1=C[C@H]2CC[C@@H](C1)N2c1nc(C(F)F)nc2ccccc12. The van der Waals surface area contributed by atoms with E-state index in [0.29, 0.717) is 11.3 Å². The van der Waals surface area contributed by atoms with Gasteiger partial charge < -0.3 is 4.90 Å². The van der Waals surface area contributed by atoms with Crippen LogP contribution in [0.2, 0.25) is 0 Å². The fourth-order valence-electron chi connectivity index (χ4n) is 4.41. The standard InChI is InChI=1S/C20H19F2N5/c1-26-17(8-9-23-26)12-10-13-6-7-14(11-12)27(13)20-15-4-2-3-5-16(15)24-19(25-20)18(21)22/h2-5,8-10,13-14,18H,6-7,11H2,1H3/t13-,14+/m1/s1. The smallest absolute Gasteiger partial charge is 0.297 e. The zero-order valence-electron chi connectivity index (χ0n) is 14.9. The van der Waals surface area contributed by atoms with Crippen molar-refractivity contribution in [2.75, 3.05) is 4.90 Å². The topological polar surface area (TPSA) is 46.8 Å². The number of rotatable bonds is 3. The lowest BCUT2D eigenvalue weighted by Gasteiger charge is -2.35. The van der Waals surface area contributed by atoms with E-state index in [9.17, 15) is 8.78 Å². The molecule has 27 heavy (non-hydrogen) atoms. The number of anilines is 1. The Morgan fingerprint density at radius 1 is 1.11 bits per heavy atom. The molecular weight excluding hydrogens is 348 g/mol. The zero-order chi connectivity index (χ0) is 18.5. The van der Waals surface area contributed by atoms with E-state index in [1.54, 1.807) is 12.3 Å². The Bertz CT molecular complexity index is 1040. The van der Waals surface area contributed by atoms with Crippen LogP contribution in [-0.2, 0) is 7.05 Å². The Morgan fingerprint density at radius 3 is 2.70 bits per heavy atom. The molecule has 1 saturated heterocycles. The number of hydrogen-bond donors (Lipinski definition) is 0. The van der Waals surface area contributed by atoms with Gasteiger partial charge in [-0.05, 0) is 43.0 Å². The summed E-state index contributed by atoms with van der Waals surface area (Å²) in [6.07, 6.45) is 4.24. The van der Waals surface area contributed by atoms with Crippen molar-refractivity contribution in [1.82, 2.24) is 19.7 Å². The van der Waals surface area contributed by atoms with Crippen LogP contribution < -0.4 is 4.90 Å². The highest BCUT2D eigenvalue weighted by atomic mass is 19.3. The number of aryl methyl sites for hydroxylation is 1. The van der Waals surface area contributed by atoms with E-state index in [2.05, 4.69) is 26.0 Å². The van der Waals surface area contributed by atoms with Gasteiger partial charge in [-0.15, -0.1) is 0 Å². The lowest BCUT2D eigenvalue weighted by atomic mass is 9.98. The molecule has 5 rings (SSSR count). The van der Waals surface area contributed by atoms with Crippen LogP contribution in [0.5, 0.6) is 0 Å². The predicted octanol–water partition coefficient (Wildman–Crippen LogP) is 4.13. The number of aromatic nitrogens is 4. The summed E-state index contributed by atoms with van der Waals surface area (Å²) < 4.78 is 28.6. The highest BCUT2D eigenvalue weighted by Gasteiger charge is 2.39. The van der Waals surface area contributed by atoms with Crippen molar-refractivity contribution in [3.05, 3.63) is 54.1 Å². The van der Waals surface area contributed by atoms with Crippen LogP contribution in [-0.4, -0.2) is 31.8 Å². The first-order chi connectivity index (χ1) is 13.1. The summed E-state index contributed by atoms with van der Waals surface area (Å²) in [5, 5.41) is 5.10. The van der Waals surface area contributed by atoms with Gasteiger partial charge in [-0.3, -0.25) is 4.68 Å². The minimum atomic E-state index is -2.68. The molecule has 5 nitrogen and oxygen atoms in total. The molecule has 7 heteroatoms. The summed E-state index contributed by atoms with van der Waals surface area (Å²) >= 11 is 0. The maximum atomic E-state index is 13.4. The molecule has 0 unspecified atom stereocenters. The molecular formula is C20H19F2N5. The van der Waals surface area contributed by atoms with E-state index in [-0.39, 0.29) is 12.1 Å². The number of hydrogen-bond acceptors (Lipinski definition) is 4. The number of nitrogens with zero attached hydrogens (tertiary/aromatic N) is 5. The minimum absolute atomic E-state index is 0.150. The second kappa shape index (κ2) is 6.11. The fourth-order valence-corrected chi connectivity index (χ4v) is 4.41. The third kappa shape index (κ3) is 2.60. The van der Waals surface area contributed by atoms with Crippen LogP contribution in [0.4, 0.5) is 14.6 Å². The van der Waals surface area contributed by atoms with Gasteiger partial charge in [-0.2, -0.15) is 5.10 Å². The Balaban J connectivity index is 1.62. The molecule has 0 aliphatic carbocycles. The van der Waals surface area contributed by atoms with Crippen molar-refractivity contribution < 1.29 is 8.78 Å². The Hall–Kier alpha value is -2.83. The third-order valence-electron chi connectivity index (χ3n) is 5.59. The normalized spacial score (nSPS) is 21.9. The molecule has 2 aromatic heterocycles. The van der Waals surface area contributed by atoms with Gasteiger partial charge in [0, 0.05) is 30.7 Å². The van der Waals surface area contributed by atoms with Gasteiger partial charge in [-0.1, -0.05) is 18.2 Å². The summed E-state index contributed by atoms with van der Waals surface area (Å²) in [5.74, 6) is 0.230. The molecule has 0 radical (unpaired) electrons. The van der Waals surface area contributed by atoms with Gasteiger partial charge in [0.05, 0.1) is 11.2 Å². The van der Waals surface area contributed by atoms with Crippen molar-refractivity contribution in [2.45, 2.75) is 37.8 Å². The fraction of sp³-hybridized carbons (Fsp3) is 0.350. The van der Waals surface area contributed by atoms with Crippen molar-refractivity contribution >= 4 is 22.3 Å². The maximum Gasteiger partial charge on any atom is 0.297 e. The number of benzene rings is 1. The minimum Gasteiger partial charge on any atom is -0.346 e. The van der Waals surface area contributed by atoms with Gasteiger partial charge >= 0.3 is 0 Å². The van der Waals surface area contributed by atoms with Gasteiger partial charge in [0.15, 0.2) is 5.82 Å². The van der Waals surface area contributed by atoms with Crippen LogP contribution in [0, 0.1) is 0 Å². The first-order valence-electron chi connectivity index (χ1n) is 9.14. The second-order valence-corrected chi connectivity index (χ2v) is 7.17. The van der Waals surface area contributed by atoms with E-state index >= 15 is 0 Å². The van der Waals surface area contributed by atoms with E-state index in [0.717, 1.165) is 30.3 Å². The molecule has 1 aromatic carbocycles. The summed E-state index contributed by atoms with van der Waals surface area (Å²) in [6.45, 7) is 0. The van der Waals surface area contributed by atoms with E-state index in [1.807, 2.05) is 36.0 Å². The Labute approximate surface area is 155 Å². The molecule has 1 fully saturated rings. The molecule has 0 spiro atoms.